The molecule has 0 saturated carbocycles. The SMILES string of the molecule is Cc1ccoc1-c1noc(CCCNc2ccccc2)n1. The number of aromatic nitrogens is 2. The zero-order valence-corrected chi connectivity index (χ0v) is 11.9. The first-order valence-electron chi connectivity index (χ1n) is 6.99. The molecule has 0 bridgehead atoms. The van der Waals surface area contributed by atoms with Gasteiger partial charge >= 0.3 is 0 Å². The van der Waals surface area contributed by atoms with Crippen molar-refractivity contribution in [3.63, 3.8) is 0 Å². The molecule has 2 aromatic heterocycles. The zero-order chi connectivity index (χ0) is 14.5. The first-order valence-corrected chi connectivity index (χ1v) is 6.99. The van der Waals surface area contributed by atoms with E-state index in [2.05, 4.69) is 15.5 Å². The van der Waals surface area contributed by atoms with Crippen molar-refractivity contribution in [2.24, 2.45) is 0 Å². The molecule has 0 aliphatic carbocycles. The number of rotatable bonds is 6. The highest BCUT2D eigenvalue weighted by Gasteiger charge is 2.13. The Hall–Kier alpha value is -2.56. The van der Waals surface area contributed by atoms with Gasteiger partial charge in [-0.05, 0) is 37.1 Å². The van der Waals surface area contributed by atoms with Crippen LogP contribution in [0.3, 0.4) is 0 Å². The van der Waals surface area contributed by atoms with Gasteiger partial charge in [-0.1, -0.05) is 23.4 Å². The minimum atomic E-state index is 0.517. The van der Waals surface area contributed by atoms with Gasteiger partial charge in [-0.15, -0.1) is 0 Å². The van der Waals surface area contributed by atoms with Gasteiger partial charge in [-0.3, -0.25) is 0 Å². The molecule has 0 aliphatic heterocycles. The monoisotopic (exact) mass is 283 g/mol. The lowest BCUT2D eigenvalue weighted by molar-refractivity contribution is 0.376. The average molecular weight is 283 g/mol. The lowest BCUT2D eigenvalue weighted by Gasteiger charge is -2.03. The molecule has 0 amide bonds. The smallest absolute Gasteiger partial charge is 0.238 e. The summed E-state index contributed by atoms with van der Waals surface area (Å²) in [6, 6.07) is 12.0. The Morgan fingerprint density at radius 2 is 2.00 bits per heavy atom. The van der Waals surface area contributed by atoms with Crippen LogP contribution in [0.5, 0.6) is 0 Å². The average Bonchev–Trinajstić information content (AvgIpc) is 3.13. The van der Waals surface area contributed by atoms with Crippen LogP contribution in [0.1, 0.15) is 17.9 Å². The van der Waals surface area contributed by atoms with E-state index in [4.69, 9.17) is 8.94 Å². The standard InChI is InChI=1S/C16H17N3O2/c1-12-9-11-20-15(12)16-18-14(21-19-16)8-5-10-17-13-6-3-2-4-7-13/h2-4,6-7,9,11,17H,5,8,10H2,1H3. The Morgan fingerprint density at radius 1 is 1.14 bits per heavy atom. The van der Waals surface area contributed by atoms with Crippen LogP contribution in [0, 0.1) is 6.92 Å². The number of aryl methyl sites for hydroxylation is 2. The molecule has 21 heavy (non-hydrogen) atoms. The van der Waals surface area contributed by atoms with Gasteiger partial charge in [-0.2, -0.15) is 4.98 Å². The first kappa shape index (κ1) is 13.4. The zero-order valence-electron chi connectivity index (χ0n) is 11.9. The van der Waals surface area contributed by atoms with Crippen LogP contribution in [0.4, 0.5) is 5.69 Å². The van der Waals surface area contributed by atoms with Crippen LogP contribution in [-0.4, -0.2) is 16.7 Å². The molecule has 0 radical (unpaired) electrons. The highest BCUT2D eigenvalue weighted by Crippen LogP contribution is 2.21. The Kier molecular flexibility index (Phi) is 4.00. The van der Waals surface area contributed by atoms with Crippen molar-refractivity contribution in [2.45, 2.75) is 19.8 Å². The third kappa shape index (κ3) is 3.31. The maximum atomic E-state index is 5.35. The van der Waals surface area contributed by atoms with Gasteiger partial charge in [0.1, 0.15) is 0 Å². The second kappa shape index (κ2) is 6.26. The second-order valence-electron chi connectivity index (χ2n) is 4.84. The molecule has 0 atom stereocenters. The minimum absolute atomic E-state index is 0.517. The molecule has 2 heterocycles. The highest BCUT2D eigenvalue weighted by molar-refractivity contribution is 5.50. The van der Waals surface area contributed by atoms with E-state index in [9.17, 15) is 0 Å². The molecule has 1 N–H and O–H groups in total. The van der Waals surface area contributed by atoms with E-state index in [-0.39, 0.29) is 0 Å². The van der Waals surface area contributed by atoms with E-state index in [1.165, 1.54) is 0 Å². The summed E-state index contributed by atoms with van der Waals surface area (Å²) in [7, 11) is 0. The fraction of sp³-hybridized carbons (Fsp3) is 0.250. The summed E-state index contributed by atoms with van der Waals surface area (Å²) in [6.45, 7) is 2.82. The van der Waals surface area contributed by atoms with Crippen molar-refractivity contribution in [1.29, 1.82) is 0 Å². The molecule has 0 saturated heterocycles. The quantitative estimate of drug-likeness (QED) is 0.699. The molecule has 108 valence electrons. The molecule has 0 fully saturated rings. The molecule has 0 spiro atoms. The summed E-state index contributed by atoms with van der Waals surface area (Å²) in [4.78, 5) is 4.36. The number of nitrogens with one attached hydrogen (secondary N) is 1. The summed E-state index contributed by atoms with van der Waals surface area (Å²) in [5.74, 6) is 1.83. The number of benzene rings is 1. The van der Waals surface area contributed by atoms with Crippen molar-refractivity contribution >= 4 is 5.69 Å². The van der Waals surface area contributed by atoms with Gasteiger partial charge < -0.3 is 14.3 Å². The van der Waals surface area contributed by atoms with Crippen LogP contribution < -0.4 is 5.32 Å². The van der Waals surface area contributed by atoms with Crippen LogP contribution >= 0.6 is 0 Å². The summed E-state index contributed by atoms with van der Waals surface area (Å²) < 4.78 is 10.6. The summed E-state index contributed by atoms with van der Waals surface area (Å²) >= 11 is 0. The van der Waals surface area contributed by atoms with E-state index in [1.54, 1.807) is 6.26 Å². The normalized spacial score (nSPS) is 10.7. The number of hydrogen-bond acceptors (Lipinski definition) is 5. The van der Waals surface area contributed by atoms with E-state index in [0.29, 0.717) is 17.5 Å². The Balaban J connectivity index is 1.50. The molecule has 3 rings (SSSR count). The van der Waals surface area contributed by atoms with Gasteiger partial charge in [0.25, 0.3) is 0 Å². The Bertz CT molecular complexity index is 688. The van der Waals surface area contributed by atoms with Crippen molar-refractivity contribution in [3.8, 4) is 11.6 Å². The summed E-state index contributed by atoms with van der Waals surface area (Å²) in [6.07, 6.45) is 3.30. The molecule has 0 unspecified atom stereocenters. The second-order valence-corrected chi connectivity index (χ2v) is 4.84. The Morgan fingerprint density at radius 3 is 2.76 bits per heavy atom. The van der Waals surface area contributed by atoms with Crippen LogP contribution in [0.15, 0.2) is 51.6 Å². The number of para-hydroxylation sites is 1. The molecule has 5 nitrogen and oxygen atoms in total. The van der Waals surface area contributed by atoms with Crippen LogP contribution in [0.2, 0.25) is 0 Å². The van der Waals surface area contributed by atoms with Gasteiger partial charge in [0.05, 0.1) is 6.26 Å². The third-order valence-corrected chi connectivity index (χ3v) is 3.20. The van der Waals surface area contributed by atoms with Crippen molar-refractivity contribution in [1.82, 2.24) is 10.1 Å². The molecule has 1 aromatic carbocycles. The van der Waals surface area contributed by atoms with Gasteiger partial charge in [-0.25, -0.2) is 0 Å². The molecule has 5 heteroatoms. The lowest BCUT2D eigenvalue weighted by atomic mass is 10.2. The molecular weight excluding hydrogens is 266 g/mol. The number of hydrogen-bond donors (Lipinski definition) is 1. The summed E-state index contributed by atoms with van der Waals surface area (Å²) in [5, 5.41) is 7.31. The molecular formula is C16H17N3O2. The summed E-state index contributed by atoms with van der Waals surface area (Å²) in [5.41, 5.74) is 2.13. The highest BCUT2D eigenvalue weighted by atomic mass is 16.5. The third-order valence-electron chi connectivity index (χ3n) is 3.20. The topological polar surface area (TPSA) is 64.1 Å². The predicted octanol–water partition coefficient (Wildman–Crippen LogP) is 3.68. The molecule has 0 aliphatic rings. The van der Waals surface area contributed by atoms with Crippen LogP contribution in [-0.2, 0) is 6.42 Å². The fourth-order valence-corrected chi connectivity index (χ4v) is 2.08. The van der Waals surface area contributed by atoms with Crippen molar-refractivity contribution < 1.29 is 8.94 Å². The Labute approximate surface area is 123 Å². The van der Waals surface area contributed by atoms with E-state index in [0.717, 1.165) is 30.6 Å². The van der Waals surface area contributed by atoms with Gasteiger partial charge in [0.2, 0.25) is 11.7 Å². The fourth-order valence-electron chi connectivity index (χ4n) is 2.08. The van der Waals surface area contributed by atoms with Gasteiger partial charge in [0.15, 0.2) is 5.76 Å². The number of nitrogens with zero attached hydrogens (tertiary/aromatic N) is 2. The van der Waals surface area contributed by atoms with Crippen molar-refractivity contribution in [2.75, 3.05) is 11.9 Å². The lowest BCUT2D eigenvalue weighted by Crippen LogP contribution is -2.02. The predicted molar refractivity (Wildman–Crippen MR) is 80.0 cm³/mol. The van der Waals surface area contributed by atoms with E-state index < -0.39 is 0 Å². The van der Waals surface area contributed by atoms with Gasteiger partial charge in [0, 0.05) is 18.7 Å². The minimum Gasteiger partial charge on any atom is -0.461 e. The number of furan rings is 1. The maximum Gasteiger partial charge on any atom is 0.238 e. The van der Waals surface area contributed by atoms with E-state index >= 15 is 0 Å². The van der Waals surface area contributed by atoms with Crippen LogP contribution in [0.25, 0.3) is 11.6 Å². The van der Waals surface area contributed by atoms with E-state index in [1.807, 2.05) is 43.3 Å². The maximum absolute atomic E-state index is 5.35. The molecule has 3 aromatic rings. The first-order chi connectivity index (χ1) is 10.3. The number of anilines is 1. The largest absolute Gasteiger partial charge is 0.461 e. The van der Waals surface area contributed by atoms with Crippen molar-refractivity contribution in [3.05, 3.63) is 54.1 Å².